The first-order valence-corrected chi connectivity index (χ1v) is 6.52. The van der Waals surface area contributed by atoms with E-state index in [-0.39, 0.29) is 12.4 Å². The lowest BCUT2D eigenvalue weighted by Gasteiger charge is -2.15. The molecular weight excluding hydrogens is 275 g/mol. The number of rotatable bonds is 4. The summed E-state index contributed by atoms with van der Waals surface area (Å²) in [7, 11) is 1.81. The highest BCUT2D eigenvalue weighted by Gasteiger charge is 2.13. The largest absolute Gasteiger partial charge is 0.391 e. The summed E-state index contributed by atoms with van der Waals surface area (Å²) >= 11 is 7.17. The molecule has 0 spiro atoms. The van der Waals surface area contributed by atoms with Gasteiger partial charge < -0.3 is 10.0 Å². The Hall–Kier alpha value is -1.17. The number of anilines is 1. The molecule has 0 unspecified atom stereocenters. The van der Waals surface area contributed by atoms with Gasteiger partial charge in [0.2, 0.25) is 0 Å². The average Bonchev–Trinajstić information content (AvgIpc) is 2.73. The lowest BCUT2D eigenvalue weighted by atomic mass is 10.2. The minimum Gasteiger partial charge on any atom is -0.391 e. The third-order valence-electron chi connectivity index (χ3n) is 2.47. The van der Waals surface area contributed by atoms with Gasteiger partial charge in [0.1, 0.15) is 11.0 Å². The Morgan fingerprint density at radius 3 is 2.78 bits per heavy atom. The van der Waals surface area contributed by atoms with E-state index in [1.165, 1.54) is 17.4 Å². The van der Waals surface area contributed by atoms with Crippen LogP contribution >= 0.6 is 22.9 Å². The molecule has 0 aliphatic rings. The van der Waals surface area contributed by atoms with Crippen LogP contribution < -0.4 is 4.90 Å². The number of aliphatic hydroxyl groups excluding tert-OH is 1. The first-order chi connectivity index (χ1) is 8.61. The van der Waals surface area contributed by atoms with Gasteiger partial charge in [-0.3, -0.25) is 0 Å². The van der Waals surface area contributed by atoms with E-state index in [9.17, 15) is 4.39 Å². The zero-order chi connectivity index (χ0) is 13.1. The average molecular weight is 287 g/mol. The van der Waals surface area contributed by atoms with E-state index in [1.807, 2.05) is 7.05 Å². The fourth-order valence-corrected chi connectivity index (χ4v) is 2.61. The quantitative estimate of drug-likeness (QED) is 0.938. The Balaban J connectivity index is 2.16. The predicted molar refractivity (Wildman–Crippen MR) is 71.6 cm³/mol. The monoisotopic (exact) mass is 286 g/mol. The molecule has 0 amide bonds. The van der Waals surface area contributed by atoms with Crippen molar-refractivity contribution in [3.63, 3.8) is 0 Å². The highest BCUT2D eigenvalue weighted by molar-refractivity contribution is 7.16. The normalized spacial score (nSPS) is 10.7. The van der Waals surface area contributed by atoms with Crippen LogP contribution in [0.2, 0.25) is 5.15 Å². The maximum absolute atomic E-state index is 13.5. The van der Waals surface area contributed by atoms with Crippen LogP contribution in [0.15, 0.2) is 24.3 Å². The molecule has 0 saturated heterocycles. The van der Waals surface area contributed by atoms with Gasteiger partial charge in [0, 0.05) is 19.2 Å². The van der Waals surface area contributed by atoms with Crippen LogP contribution in [0.1, 0.15) is 10.4 Å². The van der Waals surface area contributed by atoms with Gasteiger partial charge in [-0.15, -0.1) is 0 Å². The highest BCUT2D eigenvalue weighted by Crippen LogP contribution is 2.29. The Morgan fingerprint density at radius 1 is 1.44 bits per heavy atom. The van der Waals surface area contributed by atoms with Crippen molar-refractivity contribution in [1.82, 2.24) is 4.98 Å². The Labute approximate surface area is 113 Å². The van der Waals surface area contributed by atoms with E-state index < -0.39 is 0 Å². The summed E-state index contributed by atoms with van der Waals surface area (Å²) in [6, 6.07) is 6.61. The zero-order valence-corrected chi connectivity index (χ0v) is 11.3. The summed E-state index contributed by atoms with van der Waals surface area (Å²) in [6.45, 7) is 0.269. The van der Waals surface area contributed by atoms with Crippen molar-refractivity contribution < 1.29 is 9.50 Å². The Bertz CT molecular complexity index is 547. The van der Waals surface area contributed by atoms with Crippen LogP contribution in [0.4, 0.5) is 9.52 Å². The maximum atomic E-state index is 13.5. The predicted octanol–water partition coefficient (Wildman–Crippen LogP) is 3.06. The molecule has 3 nitrogen and oxygen atoms in total. The van der Waals surface area contributed by atoms with Crippen LogP contribution in [-0.2, 0) is 13.2 Å². The van der Waals surface area contributed by atoms with Gasteiger partial charge in [0.05, 0.1) is 11.5 Å². The minimum atomic E-state index is -0.241. The second-order valence-electron chi connectivity index (χ2n) is 3.82. The number of hydrogen-bond acceptors (Lipinski definition) is 4. The fraction of sp³-hybridized carbons (Fsp3) is 0.250. The van der Waals surface area contributed by atoms with Crippen molar-refractivity contribution in [3.8, 4) is 0 Å². The number of hydrogen-bond donors (Lipinski definition) is 1. The molecule has 2 aromatic rings. The molecule has 0 fully saturated rings. The van der Waals surface area contributed by atoms with Crippen molar-refractivity contribution >= 4 is 28.1 Å². The van der Waals surface area contributed by atoms with Crippen molar-refractivity contribution in [2.24, 2.45) is 0 Å². The van der Waals surface area contributed by atoms with Gasteiger partial charge in [-0.05, 0) is 6.07 Å². The molecule has 96 valence electrons. The number of benzene rings is 1. The van der Waals surface area contributed by atoms with Crippen LogP contribution in [0.25, 0.3) is 0 Å². The van der Waals surface area contributed by atoms with Crippen LogP contribution in [0.5, 0.6) is 0 Å². The molecular formula is C12H12ClFN2OS. The third kappa shape index (κ3) is 2.80. The van der Waals surface area contributed by atoms with Crippen LogP contribution in [0.3, 0.4) is 0 Å². The molecule has 18 heavy (non-hydrogen) atoms. The third-order valence-corrected chi connectivity index (χ3v) is 4.05. The first-order valence-electron chi connectivity index (χ1n) is 5.32. The molecule has 2 rings (SSSR count). The number of nitrogens with zero attached hydrogens (tertiary/aromatic N) is 2. The topological polar surface area (TPSA) is 36.4 Å². The molecule has 1 heterocycles. The fourth-order valence-electron chi connectivity index (χ4n) is 1.53. The van der Waals surface area contributed by atoms with Gasteiger partial charge >= 0.3 is 0 Å². The standard InChI is InChI=1S/C12H12ClFN2OS/c1-16(6-8-4-2-3-5-9(8)14)12-15-11(13)10(7-17)18-12/h2-5,17H,6-7H2,1H3. The number of aromatic nitrogens is 1. The molecule has 1 N–H and O–H groups in total. The minimum absolute atomic E-state index is 0.135. The van der Waals surface area contributed by atoms with E-state index >= 15 is 0 Å². The van der Waals surface area contributed by atoms with Crippen molar-refractivity contribution in [2.75, 3.05) is 11.9 Å². The molecule has 0 aliphatic heterocycles. The van der Waals surface area contributed by atoms with E-state index in [1.54, 1.807) is 23.1 Å². The molecule has 0 aliphatic carbocycles. The second-order valence-corrected chi connectivity index (χ2v) is 5.24. The molecule has 0 bridgehead atoms. The summed E-state index contributed by atoms with van der Waals surface area (Å²) in [5, 5.41) is 10.0. The summed E-state index contributed by atoms with van der Waals surface area (Å²) < 4.78 is 13.5. The molecule has 0 radical (unpaired) electrons. The molecule has 1 aromatic carbocycles. The number of halogens is 2. The van der Waals surface area contributed by atoms with Gasteiger partial charge in [-0.25, -0.2) is 9.37 Å². The first kappa shape index (κ1) is 13.3. The highest BCUT2D eigenvalue weighted by atomic mass is 35.5. The van der Waals surface area contributed by atoms with E-state index in [4.69, 9.17) is 16.7 Å². The lowest BCUT2D eigenvalue weighted by Crippen LogP contribution is -2.16. The van der Waals surface area contributed by atoms with Gasteiger partial charge in [0.15, 0.2) is 5.13 Å². The van der Waals surface area contributed by atoms with E-state index in [0.29, 0.717) is 27.3 Å². The van der Waals surface area contributed by atoms with Gasteiger partial charge in [-0.2, -0.15) is 0 Å². The SMILES string of the molecule is CN(Cc1ccccc1F)c1nc(Cl)c(CO)s1. The van der Waals surface area contributed by atoms with E-state index in [2.05, 4.69) is 4.98 Å². The molecule has 6 heteroatoms. The summed E-state index contributed by atoms with van der Waals surface area (Å²) in [6.07, 6.45) is 0. The Morgan fingerprint density at radius 2 is 2.17 bits per heavy atom. The number of thiazole rings is 1. The van der Waals surface area contributed by atoms with Crippen LogP contribution in [0, 0.1) is 5.82 Å². The molecule has 0 atom stereocenters. The molecule has 0 saturated carbocycles. The lowest BCUT2D eigenvalue weighted by molar-refractivity contribution is 0.285. The van der Waals surface area contributed by atoms with Crippen molar-refractivity contribution in [3.05, 3.63) is 45.7 Å². The van der Waals surface area contributed by atoms with Crippen LogP contribution in [-0.4, -0.2) is 17.1 Å². The second kappa shape index (κ2) is 5.65. The summed E-state index contributed by atoms with van der Waals surface area (Å²) in [5.41, 5.74) is 0.594. The van der Waals surface area contributed by atoms with E-state index in [0.717, 1.165) is 0 Å². The van der Waals surface area contributed by atoms with Gasteiger partial charge in [0.25, 0.3) is 0 Å². The summed E-state index contributed by atoms with van der Waals surface area (Å²) in [5.74, 6) is -0.241. The zero-order valence-electron chi connectivity index (χ0n) is 9.73. The molecule has 1 aromatic heterocycles. The number of aliphatic hydroxyl groups is 1. The Kier molecular flexibility index (Phi) is 4.16. The summed E-state index contributed by atoms with van der Waals surface area (Å²) in [4.78, 5) is 6.55. The smallest absolute Gasteiger partial charge is 0.187 e. The van der Waals surface area contributed by atoms with Crippen molar-refractivity contribution in [2.45, 2.75) is 13.2 Å². The maximum Gasteiger partial charge on any atom is 0.187 e. The van der Waals surface area contributed by atoms with Gasteiger partial charge in [-0.1, -0.05) is 41.1 Å². The van der Waals surface area contributed by atoms with Crippen molar-refractivity contribution in [1.29, 1.82) is 0 Å².